The zero-order valence-electron chi connectivity index (χ0n) is 19.3. The Morgan fingerprint density at radius 3 is 2.38 bits per heavy atom. The molecule has 0 saturated carbocycles. The molecule has 0 aliphatic carbocycles. The number of aromatic hydroxyl groups is 1. The summed E-state index contributed by atoms with van der Waals surface area (Å²) >= 11 is 0. The highest BCUT2D eigenvalue weighted by Crippen LogP contribution is 2.27. The van der Waals surface area contributed by atoms with Crippen LogP contribution in [0.2, 0.25) is 0 Å². The molecule has 0 spiro atoms. The molecule has 1 aromatic heterocycles. The standard InChI is InChI=1S/C22H34N2O8/c1-13(2)8-30-17-11-29-10-15(22(27)32-12-18(17)31-9-14(3)4)24-21(26)19-20(25)16(28-5)6-7-23-19/h6-7,13-15,17-18,25H,8-12H2,1-5H3,(H,24,26)/t15-,17+,18+/m1/s1. The Morgan fingerprint density at radius 2 is 1.78 bits per heavy atom. The lowest BCUT2D eigenvalue weighted by atomic mass is 10.2. The highest BCUT2D eigenvalue weighted by molar-refractivity contribution is 5.97. The largest absolute Gasteiger partial charge is 0.503 e. The Morgan fingerprint density at radius 1 is 1.16 bits per heavy atom. The molecule has 1 amide bonds. The highest BCUT2D eigenvalue weighted by atomic mass is 16.6. The number of cyclic esters (lactones) is 1. The van der Waals surface area contributed by atoms with Crippen molar-refractivity contribution in [3.63, 3.8) is 0 Å². The number of methoxy groups -OCH3 is 1. The van der Waals surface area contributed by atoms with Crippen LogP contribution >= 0.6 is 0 Å². The first-order valence-electron chi connectivity index (χ1n) is 10.7. The Hall–Kier alpha value is -2.43. The van der Waals surface area contributed by atoms with Crippen LogP contribution in [-0.4, -0.2) is 80.4 Å². The second-order valence-corrected chi connectivity index (χ2v) is 8.44. The first-order valence-corrected chi connectivity index (χ1v) is 10.7. The zero-order chi connectivity index (χ0) is 23.7. The quantitative estimate of drug-likeness (QED) is 0.535. The topological polar surface area (TPSA) is 125 Å². The van der Waals surface area contributed by atoms with Gasteiger partial charge >= 0.3 is 5.97 Å². The van der Waals surface area contributed by atoms with Crippen molar-refractivity contribution in [2.45, 2.75) is 45.9 Å². The molecule has 1 fully saturated rings. The Labute approximate surface area is 188 Å². The van der Waals surface area contributed by atoms with E-state index in [4.69, 9.17) is 23.7 Å². The fourth-order valence-corrected chi connectivity index (χ4v) is 2.89. The van der Waals surface area contributed by atoms with Crippen LogP contribution in [0.15, 0.2) is 12.3 Å². The van der Waals surface area contributed by atoms with Crippen LogP contribution in [0.25, 0.3) is 0 Å². The van der Waals surface area contributed by atoms with Gasteiger partial charge in [-0.1, -0.05) is 27.7 Å². The fraction of sp³-hybridized carbons (Fsp3) is 0.682. The predicted molar refractivity (Wildman–Crippen MR) is 115 cm³/mol. The Kier molecular flexibility index (Phi) is 10.1. The van der Waals surface area contributed by atoms with E-state index in [2.05, 4.69) is 10.3 Å². The molecular formula is C22H34N2O8. The van der Waals surface area contributed by atoms with Crippen LogP contribution in [0.5, 0.6) is 11.5 Å². The van der Waals surface area contributed by atoms with E-state index in [9.17, 15) is 14.7 Å². The number of ether oxygens (including phenoxy) is 5. The van der Waals surface area contributed by atoms with Gasteiger partial charge in [-0.2, -0.15) is 0 Å². The molecule has 10 nitrogen and oxygen atoms in total. The average molecular weight is 455 g/mol. The zero-order valence-corrected chi connectivity index (χ0v) is 19.3. The van der Waals surface area contributed by atoms with Gasteiger partial charge in [0.1, 0.15) is 18.8 Å². The van der Waals surface area contributed by atoms with Crippen LogP contribution in [-0.2, 0) is 23.7 Å². The second-order valence-electron chi connectivity index (χ2n) is 8.44. The van der Waals surface area contributed by atoms with Crippen molar-refractivity contribution in [3.8, 4) is 11.5 Å². The van der Waals surface area contributed by atoms with Crippen LogP contribution in [0.3, 0.4) is 0 Å². The third kappa shape index (κ3) is 7.61. The summed E-state index contributed by atoms with van der Waals surface area (Å²) in [5.41, 5.74) is -0.270. The maximum atomic E-state index is 12.6. The third-order valence-corrected chi connectivity index (χ3v) is 4.57. The molecule has 10 heteroatoms. The van der Waals surface area contributed by atoms with Crippen LogP contribution in [0, 0.1) is 11.8 Å². The van der Waals surface area contributed by atoms with Crippen molar-refractivity contribution in [1.29, 1.82) is 0 Å². The van der Waals surface area contributed by atoms with E-state index in [-0.39, 0.29) is 31.3 Å². The van der Waals surface area contributed by atoms with Crippen molar-refractivity contribution in [2.75, 3.05) is 40.1 Å². The van der Waals surface area contributed by atoms with Crippen molar-refractivity contribution in [1.82, 2.24) is 10.3 Å². The molecule has 0 radical (unpaired) electrons. The van der Waals surface area contributed by atoms with E-state index in [0.29, 0.717) is 25.0 Å². The number of pyridine rings is 1. The molecule has 32 heavy (non-hydrogen) atoms. The predicted octanol–water partition coefficient (Wildman–Crippen LogP) is 1.55. The summed E-state index contributed by atoms with van der Waals surface area (Å²) < 4.78 is 28.0. The SMILES string of the molecule is COc1ccnc(C(=O)N[C@@H]2COC[C@H](OCC(C)C)[C@@H](OCC(C)C)COC2=O)c1O. The number of aromatic nitrogens is 1. The van der Waals surface area contributed by atoms with E-state index in [1.165, 1.54) is 19.4 Å². The molecule has 1 aliphatic heterocycles. The summed E-state index contributed by atoms with van der Waals surface area (Å²) in [5, 5.41) is 12.7. The Balaban J connectivity index is 2.10. The van der Waals surface area contributed by atoms with Gasteiger partial charge < -0.3 is 34.1 Å². The van der Waals surface area contributed by atoms with Gasteiger partial charge in [0.15, 0.2) is 23.2 Å². The van der Waals surface area contributed by atoms with E-state index in [1.807, 2.05) is 27.7 Å². The minimum atomic E-state index is -1.09. The highest BCUT2D eigenvalue weighted by Gasteiger charge is 2.32. The minimum Gasteiger partial charge on any atom is -0.503 e. The van der Waals surface area contributed by atoms with Crippen molar-refractivity contribution < 1.29 is 38.4 Å². The molecule has 0 unspecified atom stereocenters. The summed E-state index contributed by atoms with van der Waals surface area (Å²) in [5.74, 6) is -1.16. The van der Waals surface area contributed by atoms with Crippen LogP contribution in [0.4, 0.5) is 0 Å². The maximum absolute atomic E-state index is 12.6. The second kappa shape index (κ2) is 12.6. The fourth-order valence-electron chi connectivity index (χ4n) is 2.89. The van der Waals surface area contributed by atoms with Crippen LogP contribution < -0.4 is 10.1 Å². The molecular weight excluding hydrogens is 420 g/mol. The van der Waals surface area contributed by atoms with Gasteiger partial charge in [-0.05, 0) is 11.8 Å². The van der Waals surface area contributed by atoms with E-state index >= 15 is 0 Å². The molecule has 1 aromatic rings. The van der Waals surface area contributed by atoms with Crippen molar-refractivity contribution >= 4 is 11.9 Å². The number of hydrogen-bond donors (Lipinski definition) is 2. The molecule has 180 valence electrons. The number of amides is 1. The van der Waals surface area contributed by atoms with E-state index < -0.39 is 35.9 Å². The lowest BCUT2D eigenvalue weighted by molar-refractivity contribution is -0.155. The molecule has 2 rings (SSSR count). The van der Waals surface area contributed by atoms with Crippen molar-refractivity contribution in [3.05, 3.63) is 18.0 Å². The first kappa shape index (κ1) is 25.8. The number of nitrogens with zero attached hydrogens (tertiary/aromatic N) is 1. The monoisotopic (exact) mass is 454 g/mol. The molecule has 1 saturated heterocycles. The maximum Gasteiger partial charge on any atom is 0.331 e. The van der Waals surface area contributed by atoms with E-state index in [1.54, 1.807) is 0 Å². The number of nitrogens with one attached hydrogen (secondary N) is 1. The van der Waals surface area contributed by atoms with Gasteiger partial charge in [-0.25, -0.2) is 9.78 Å². The summed E-state index contributed by atoms with van der Waals surface area (Å²) in [6, 6.07) is 0.322. The lowest BCUT2D eigenvalue weighted by Gasteiger charge is -2.27. The lowest BCUT2D eigenvalue weighted by Crippen LogP contribution is -2.45. The normalized spacial score (nSPS) is 22.1. The summed E-state index contributed by atoms with van der Waals surface area (Å²) in [6.45, 7) is 9.10. The summed E-state index contributed by atoms with van der Waals surface area (Å²) in [6.07, 6.45) is 0.389. The third-order valence-electron chi connectivity index (χ3n) is 4.57. The molecule has 1 aliphatic rings. The number of hydrogen-bond acceptors (Lipinski definition) is 9. The van der Waals surface area contributed by atoms with Crippen molar-refractivity contribution in [2.24, 2.45) is 11.8 Å². The smallest absolute Gasteiger partial charge is 0.331 e. The number of carbonyl (C=O) groups is 2. The van der Waals surface area contributed by atoms with Gasteiger partial charge in [0.2, 0.25) is 0 Å². The van der Waals surface area contributed by atoms with Gasteiger partial charge in [0.05, 0.1) is 20.3 Å². The molecule has 0 aromatic carbocycles. The average Bonchev–Trinajstić information content (AvgIpc) is 2.81. The summed E-state index contributed by atoms with van der Waals surface area (Å²) in [7, 11) is 1.36. The van der Waals surface area contributed by atoms with Gasteiger partial charge in [-0.3, -0.25) is 4.79 Å². The molecule has 3 atom stereocenters. The van der Waals surface area contributed by atoms with Crippen LogP contribution in [0.1, 0.15) is 38.2 Å². The van der Waals surface area contributed by atoms with Gasteiger partial charge in [0.25, 0.3) is 5.91 Å². The number of carbonyl (C=O) groups excluding carboxylic acids is 2. The Bertz CT molecular complexity index is 755. The number of esters is 1. The van der Waals surface area contributed by atoms with E-state index in [0.717, 1.165) is 0 Å². The first-order chi connectivity index (χ1) is 15.2. The molecule has 0 bridgehead atoms. The summed E-state index contributed by atoms with van der Waals surface area (Å²) in [4.78, 5) is 29.1. The molecule has 2 heterocycles. The number of rotatable bonds is 9. The minimum absolute atomic E-state index is 0.0350. The van der Waals surface area contributed by atoms with Gasteiger partial charge in [-0.15, -0.1) is 0 Å². The van der Waals surface area contributed by atoms with Gasteiger partial charge in [0, 0.05) is 25.5 Å². The molecule has 2 N–H and O–H groups in total.